The molecule has 20 heavy (non-hydrogen) atoms. The van der Waals surface area contributed by atoms with Gasteiger partial charge in [0.2, 0.25) is 6.79 Å². The van der Waals surface area contributed by atoms with Crippen molar-refractivity contribution in [2.24, 2.45) is 0 Å². The van der Waals surface area contributed by atoms with E-state index < -0.39 is 24.6 Å². The van der Waals surface area contributed by atoms with Crippen molar-refractivity contribution in [2.45, 2.75) is 12.2 Å². The van der Waals surface area contributed by atoms with Crippen LogP contribution in [0.25, 0.3) is 0 Å². The minimum Gasteiger partial charge on any atom is -0.454 e. The van der Waals surface area contributed by atoms with E-state index in [2.05, 4.69) is 0 Å². The topological polar surface area (TPSA) is 47.6 Å². The van der Waals surface area contributed by atoms with Crippen LogP contribution in [-0.2, 0) is 0 Å². The van der Waals surface area contributed by atoms with Crippen LogP contribution in [0.15, 0.2) is 18.2 Å². The van der Waals surface area contributed by atoms with Crippen LogP contribution in [0.2, 0.25) is 0 Å². The van der Waals surface area contributed by atoms with Gasteiger partial charge in [0.1, 0.15) is 0 Å². The molecule has 1 heterocycles. The van der Waals surface area contributed by atoms with Gasteiger partial charge in [0.15, 0.2) is 17.3 Å². The quantitative estimate of drug-likeness (QED) is 0.526. The third-order valence-corrected chi connectivity index (χ3v) is 2.52. The highest BCUT2D eigenvalue weighted by Gasteiger charge is 2.57. The fraction of sp³-hybridized carbons (Fsp3) is 0.364. The highest BCUT2D eigenvalue weighted by Crippen LogP contribution is 2.34. The maximum absolute atomic E-state index is 12.6. The molecule has 110 valence electrons. The lowest BCUT2D eigenvalue weighted by Crippen LogP contribution is -2.51. The fourth-order valence-corrected chi connectivity index (χ4v) is 1.46. The molecule has 0 spiro atoms. The number of ether oxygens (including phenoxy) is 2. The predicted molar refractivity (Wildman–Crippen MR) is 55.9 cm³/mol. The van der Waals surface area contributed by atoms with Gasteiger partial charge in [-0.25, -0.2) is 5.32 Å². The molecule has 1 aromatic carbocycles. The number of hydrogen-bond donors (Lipinski definition) is 1. The Labute approximate surface area is 109 Å². The normalized spacial score (nSPS) is 14.4. The minimum absolute atomic E-state index is 0.0443. The Kier molecular flexibility index (Phi) is 3.55. The maximum atomic E-state index is 12.6. The van der Waals surface area contributed by atoms with Crippen LogP contribution in [0, 0.1) is 0 Å². The van der Waals surface area contributed by atoms with Gasteiger partial charge in [0.05, 0.1) is 6.54 Å². The first-order valence-electron chi connectivity index (χ1n) is 5.33. The average molecular weight is 297 g/mol. The van der Waals surface area contributed by atoms with Crippen LogP contribution < -0.4 is 14.8 Å². The molecule has 1 aromatic rings. The Morgan fingerprint density at radius 1 is 1.15 bits per heavy atom. The van der Waals surface area contributed by atoms with Gasteiger partial charge in [-0.15, -0.1) is 0 Å². The Morgan fingerprint density at radius 2 is 1.80 bits per heavy atom. The lowest BCUT2D eigenvalue weighted by atomic mass is 10.1. The fourth-order valence-electron chi connectivity index (χ4n) is 1.46. The number of Topliss-reactive ketones (excluding diaryl/α,β-unsaturated/α-hetero) is 1. The first-order chi connectivity index (χ1) is 9.21. The van der Waals surface area contributed by atoms with Gasteiger partial charge in [0, 0.05) is 5.56 Å². The van der Waals surface area contributed by atoms with Crippen molar-refractivity contribution in [3.05, 3.63) is 23.8 Å². The summed E-state index contributed by atoms with van der Waals surface area (Å²) < 4.78 is 70.8. The Morgan fingerprint density at radius 3 is 2.45 bits per heavy atom. The lowest BCUT2D eigenvalue weighted by molar-refractivity contribution is -0.294. The molecule has 0 aromatic heterocycles. The molecular weight excluding hydrogens is 289 g/mol. The van der Waals surface area contributed by atoms with E-state index >= 15 is 0 Å². The average Bonchev–Trinajstić information content (AvgIpc) is 2.81. The highest BCUT2D eigenvalue weighted by molar-refractivity contribution is 5.98. The molecule has 0 saturated carbocycles. The van der Waals surface area contributed by atoms with Crippen LogP contribution in [0.3, 0.4) is 0 Å². The van der Waals surface area contributed by atoms with E-state index in [1.807, 2.05) is 0 Å². The summed E-state index contributed by atoms with van der Waals surface area (Å²) in [6, 6.07) is -1.28. The number of halogens is 5. The van der Waals surface area contributed by atoms with E-state index in [0.717, 1.165) is 5.32 Å². The van der Waals surface area contributed by atoms with Crippen LogP contribution >= 0.6 is 0 Å². The molecule has 1 aliphatic heterocycles. The van der Waals surface area contributed by atoms with Gasteiger partial charge in [-0.2, -0.15) is 22.0 Å². The van der Waals surface area contributed by atoms with Crippen molar-refractivity contribution in [1.82, 2.24) is 5.32 Å². The summed E-state index contributed by atoms with van der Waals surface area (Å²) in [5.41, 5.74) is -0.0558. The predicted octanol–water partition coefficient (Wildman–Crippen LogP) is 2.34. The molecule has 9 heteroatoms. The number of benzene rings is 1. The van der Waals surface area contributed by atoms with E-state index in [1.54, 1.807) is 0 Å². The van der Waals surface area contributed by atoms with Crippen molar-refractivity contribution >= 4 is 5.78 Å². The zero-order valence-electron chi connectivity index (χ0n) is 9.76. The number of fused-ring (bicyclic) bond motifs is 1. The second-order valence-electron chi connectivity index (χ2n) is 3.92. The van der Waals surface area contributed by atoms with E-state index in [9.17, 15) is 26.7 Å². The summed E-state index contributed by atoms with van der Waals surface area (Å²) in [6.07, 6.45) is -5.76. The molecule has 0 unspecified atom stereocenters. The number of ketones is 1. The van der Waals surface area contributed by atoms with Gasteiger partial charge in [0.25, 0.3) is 0 Å². The van der Waals surface area contributed by atoms with Crippen molar-refractivity contribution in [1.29, 1.82) is 0 Å². The molecule has 0 saturated heterocycles. The molecule has 0 fully saturated rings. The van der Waals surface area contributed by atoms with Gasteiger partial charge in [-0.3, -0.25) is 4.79 Å². The molecule has 1 N–H and O–H groups in total. The molecule has 2 rings (SSSR count). The molecule has 0 radical (unpaired) electrons. The second kappa shape index (κ2) is 4.89. The van der Waals surface area contributed by atoms with Crippen molar-refractivity contribution in [2.75, 3.05) is 13.3 Å². The Balaban J connectivity index is 2.03. The number of hydrogen-bond acceptors (Lipinski definition) is 4. The summed E-state index contributed by atoms with van der Waals surface area (Å²) >= 11 is 0. The van der Waals surface area contributed by atoms with Gasteiger partial charge >= 0.3 is 12.2 Å². The number of carbonyl (C=O) groups is 1. The number of nitrogens with one attached hydrogen (secondary N) is 1. The Hall–Kier alpha value is -1.90. The van der Waals surface area contributed by atoms with E-state index in [1.165, 1.54) is 18.2 Å². The molecular formula is C11H8F5NO3. The van der Waals surface area contributed by atoms with Gasteiger partial charge in [-0.05, 0) is 18.2 Å². The number of carbonyl (C=O) groups excluding carboxylic acids is 1. The second-order valence-corrected chi connectivity index (χ2v) is 3.92. The third kappa shape index (κ3) is 2.82. The summed E-state index contributed by atoms with van der Waals surface area (Å²) in [7, 11) is 0. The van der Waals surface area contributed by atoms with Crippen LogP contribution in [0.1, 0.15) is 10.4 Å². The summed E-state index contributed by atoms with van der Waals surface area (Å²) in [6.45, 7) is -1.20. The molecule has 0 bridgehead atoms. The smallest absolute Gasteiger partial charge is 0.454 e. The summed E-state index contributed by atoms with van der Waals surface area (Å²) in [5.74, 6) is -0.319. The van der Waals surface area contributed by atoms with Crippen molar-refractivity contribution < 1.29 is 36.2 Å². The molecule has 0 aliphatic carbocycles. The van der Waals surface area contributed by atoms with E-state index in [4.69, 9.17) is 9.47 Å². The van der Waals surface area contributed by atoms with E-state index in [0.29, 0.717) is 5.75 Å². The Bertz CT molecular complexity index is 529. The lowest BCUT2D eigenvalue weighted by Gasteiger charge is -2.20. The summed E-state index contributed by atoms with van der Waals surface area (Å²) in [5, 5.41) is 0.885. The first-order valence-corrected chi connectivity index (χ1v) is 5.33. The van der Waals surface area contributed by atoms with Crippen molar-refractivity contribution in [3.8, 4) is 11.5 Å². The number of rotatable bonds is 4. The minimum atomic E-state index is -5.76. The SMILES string of the molecule is O=C(CNC(F)(F)C(F)(F)F)c1ccc2c(c1)OCO2. The maximum Gasteiger partial charge on any atom is 0.469 e. The largest absolute Gasteiger partial charge is 0.469 e. The molecule has 0 atom stereocenters. The standard InChI is InChI=1S/C11H8F5NO3/c12-10(13,14)11(15,16)17-4-7(18)6-1-2-8-9(3-6)20-5-19-8/h1-3,17H,4-5H2. The highest BCUT2D eigenvalue weighted by atomic mass is 19.4. The van der Waals surface area contributed by atoms with Crippen LogP contribution in [0.4, 0.5) is 22.0 Å². The van der Waals surface area contributed by atoms with Crippen LogP contribution in [0.5, 0.6) is 11.5 Å². The van der Waals surface area contributed by atoms with Crippen LogP contribution in [-0.4, -0.2) is 31.3 Å². The van der Waals surface area contributed by atoms with Crippen molar-refractivity contribution in [3.63, 3.8) is 0 Å². The zero-order valence-corrected chi connectivity index (χ0v) is 9.76. The third-order valence-electron chi connectivity index (χ3n) is 2.52. The molecule has 1 aliphatic rings. The number of alkyl halides is 5. The molecule has 0 amide bonds. The first kappa shape index (κ1) is 14.5. The van der Waals surface area contributed by atoms with E-state index in [-0.39, 0.29) is 18.1 Å². The zero-order chi connectivity index (χ0) is 15.0. The van der Waals surface area contributed by atoms with Gasteiger partial charge < -0.3 is 9.47 Å². The molecule has 4 nitrogen and oxygen atoms in total. The monoisotopic (exact) mass is 297 g/mol. The van der Waals surface area contributed by atoms with Gasteiger partial charge in [-0.1, -0.05) is 0 Å². The summed E-state index contributed by atoms with van der Waals surface area (Å²) in [4.78, 5) is 11.6.